The molecule has 0 spiro atoms. The van der Waals surface area contributed by atoms with Gasteiger partial charge >= 0.3 is 5.97 Å². The zero-order valence-corrected chi connectivity index (χ0v) is 15.0. The largest absolute Gasteiger partial charge is 0.466 e. The fourth-order valence-corrected chi connectivity index (χ4v) is 4.85. The van der Waals surface area contributed by atoms with Crippen LogP contribution >= 0.6 is 22.6 Å². The van der Waals surface area contributed by atoms with Crippen molar-refractivity contribution in [2.24, 2.45) is 17.8 Å². The molecule has 2 saturated carbocycles. The standard InChI is InChI=1S/C16H27IO3/c1-4-19-16(18)12-8-14(17)15(9-12)20-13-6-10(2)5-11(3)7-13/h10-15H,4-9H2,1-3H3. The number of esters is 1. The topological polar surface area (TPSA) is 35.5 Å². The average molecular weight is 394 g/mol. The molecular weight excluding hydrogens is 367 g/mol. The highest BCUT2D eigenvalue weighted by Gasteiger charge is 2.39. The molecule has 0 amide bonds. The Hall–Kier alpha value is 0.160. The Morgan fingerprint density at radius 3 is 2.35 bits per heavy atom. The van der Waals surface area contributed by atoms with Crippen molar-refractivity contribution < 1.29 is 14.3 Å². The Labute approximate surface area is 136 Å². The number of rotatable bonds is 4. The van der Waals surface area contributed by atoms with Gasteiger partial charge in [-0.15, -0.1) is 0 Å². The van der Waals surface area contributed by atoms with Gasteiger partial charge in [0.15, 0.2) is 0 Å². The van der Waals surface area contributed by atoms with E-state index >= 15 is 0 Å². The predicted molar refractivity (Wildman–Crippen MR) is 88.0 cm³/mol. The average Bonchev–Trinajstić information content (AvgIpc) is 2.70. The first-order valence-electron chi connectivity index (χ1n) is 7.95. The molecule has 0 radical (unpaired) electrons. The van der Waals surface area contributed by atoms with Gasteiger partial charge in [-0.2, -0.15) is 0 Å². The van der Waals surface area contributed by atoms with Crippen molar-refractivity contribution in [2.75, 3.05) is 6.61 Å². The fraction of sp³-hybridized carbons (Fsp3) is 0.938. The maximum atomic E-state index is 11.9. The van der Waals surface area contributed by atoms with Crippen molar-refractivity contribution in [1.29, 1.82) is 0 Å². The number of carbonyl (C=O) groups excluding carboxylic acids is 1. The molecule has 4 heteroatoms. The van der Waals surface area contributed by atoms with Gasteiger partial charge in [0.25, 0.3) is 0 Å². The number of alkyl halides is 1. The molecule has 0 aromatic heterocycles. The molecule has 116 valence electrons. The molecule has 0 saturated heterocycles. The van der Waals surface area contributed by atoms with Crippen molar-refractivity contribution in [3.63, 3.8) is 0 Å². The van der Waals surface area contributed by atoms with Crippen LogP contribution in [-0.2, 0) is 14.3 Å². The third kappa shape index (κ3) is 4.33. The lowest BCUT2D eigenvalue weighted by molar-refractivity contribution is -0.148. The van der Waals surface area contributed by atoms with Gasteiger partial charge in [0, 0.05) is 3.92 Å². The van der Waals surface area contributed by atoms with Crippen LogP contribution in [0.1, 0.15) is 52.9 Å². The maximum Gasteiger partial charge on any atom is 0.309 e. The first kappa shape index (κ1) is 16.5. The molecule has 2 rings (SSSR count). The van der Waals surface area contributed by atoms with Gasteiger partial charge in [-0.3, -0.25) is 4.79 Å². The molecule has 5 unspecified atom stereocenters. The summed E-state index contributed by atoms with van der Waals surface area (Å²) in [5, 5.41) is 0. The van der Waals surface area contributed by atoms with Crippen molar-refractivity contribution in [1.82, 2.24) is 0 Å². The van der Waals surface area contributed by atoms with Crippen molar-refractivity contribution >= 4 is 28.6 Å². The van der Waals surface area contributed by atoms with Gasteiger partial charge in [-0.1, -0.05) is 36.4 Å². The third-order valence-electron chi connectivity index (χ3n) is 4.55. The van der Waals surface area contributed by atoms with Gasteiger partial charge < -0.3 is 9.47 Å². The summed E-state index contributed by atoms with van der Waals surface area (Å²) in [6, 6.07) is 0. The van der Waals surface area contributed by atoms with Crippen molar-refractivity contribution in [3.8, 4) is 0 Å². The molecule has 2 fully saturated rings. The van der Waals surface area contributed by atoms with E-state index in [4.69, 9.17) is 9.47 Å². The Bertz CT molecular complexity index is 324. The van der Waals surface area contributed by atoms with E-state index in [-0.39, 0.29) is 18.0 Å². The summed E-state index contributed by atoms with van der Waals surface area (Å²) >= 11 is 2.44. The summed E-state index contributed by atoms with van der Waals surface area (Å²) in [6.45, 7) is 6.99. The van der Waals surface area contributed by atoms with Crippen LogP contribution in [0.2, 0.25) is 0 Å². The number of hydrogen-bond donors (Lipinski definition) is 0. The fourth-order valence-electron chi connectivity index (χ4n) is 3.77. The molecule has 0 aromatic carbocycles. The van der Waals surface area contributed by atoms with Gasteiger partial charge in [0.1, 0.15) is 0 Å². The summed E-state index contributed by atoms with van der Waals surface area (Å²) in [6.07, 6.45) is 6.03. The smallest absolute Gasteiger partial charge is 0.309 e. The molecule has 2 aliphatic rings. The van der Waals surface area contributed by atoms with E-state index in [0.29, 0.717) is 16.6 Å². The number of carbonyl (C=O) groups is 1. The lowest BCUT2D eigenvalue weighted by Gasteiger charge is -2.33. The van der Waals surface area contributed by atoms with Crippen LogP contribution in [0.25, 0.3) is 0 Å². The van der Waals surface area contributed by atoms with E-state index in [0.717, 1.165) is 24.7 Å². The molecule has 3 nitrogen and oxygen atoms in total. The second-order valence-corrected chi connectivity index (χ2v) is 8.25. The minimum atomic E-state index is -0.0364. The zero-order valence-electron chi connectivity index (χ0n) is 12.8. The SMILES string of the molecule is CCOC(=O)C1CC(I)C(OC2CC(C)CC(C)C2)C1. The highest BCUT2D eigenvalue weighted by molar-refractivity contribution is 14.1. The van der Waals surface area contributed by atoms with E-state index in [1.165, 1.54) is 19.3 Å². The molecule has 0 bridgehead atoms. The van der Waals surface area contributed by atoms with Gasteiger partial charge in [-0.25, -0.2) is 0 Å². The summed E-state index contributed by atoms with van der Waals surface area (Å²) in [4.78, 5) is 11.9. The van der Waals surface area contributed by atoms with E-state index in [1.54, 1.807) is 0 Å². The molecule has 0 heterocycles. The van der Waals surface area contributed by atoms with E-state index in [9.17, 15) is 4.79 Å². The van der Waals surface area contributed by atoms with E-state index < -0.39 is 0 Å². The Kier molecular flexibility index (Phi) is 6.14. The summed E-state index contributed by atoms with van der Waals surface area (Å²) in [5.74, 6) is 1.53. The lowest BCUT2D eigenvalue weighted by atomic mass is 9.81. The highest BCUT2D eigenvalue weighted by Crippen LogP contribution is 2.38. The van der Waals surface area contributed by atoms with Crippen LogP contribution in [0.4, 0.5) is 0 Å². The lowest BCUT2D eigenvalue weighted by Crippen LogP contribution is -2.32. The summed E-state index contributed by atoms with van der Waals surface area (Å²) in [7, 11) is 0. The summed E-state index contributed by atoms with van der Waals surface area (Å²) in [5.41, 5.74) is 0. The first-order chi connectivity index (χ1) is 9.49. The maximum absolute atomic E-state index is 11.9. The summed E-state index contributed by atoms with van der Waals surface area (Å²) < 4.78 is 11.9. The van der Waals surface area contributed by atoms with Gasteiger partial charge in [-0.05, 0) is 50.9 Å². The van der Waals surface area contributed by atoms with Crippen LogP contribution in [0, 0.1) is 17.8 Å². The number of halogens is 1. The van der Waals surface area contributed by atoms with Crippen LogP contribution in [-0.4, -0.2) is 28.7 Å². The minimum absolute atomic E-state index is 0.0364. The van der Waals surface area contributed by atoms with Crippen molar-refractivity contribution in [2.45, 2.75) is 69.0 Å². The van der Waals surface area contributed by atoms with Crippen LogP contribution in [0.3, 0.4) is 0 Å². The van der Waals surface area contributed by atoms with E-state index in [2.05, 4.69) is 36.4 Å². The van der Waals surface area contributed by atoms with Gasteiger partial charge in [0.05, 0.1) is 24.7 Å². The number of hydrogen-bond acceptors (Lipinski definition) is 3. The predicted octanol–water partition coefficient (Wildman–Crippen LogP) is 3.97. The van der Waals surface area contributed by atoms with Gasteiger partial charge in [0.2, 0.25) is 0 Å². The Balaban J connectivity index is 1.85. The molecule has 2 aliphatic carbocycles. The van der Waals surface area contributed by atoms with E-state index in [1.807, 2.05) is 6.92 Å². The number of ether oxygens (including phenoxy) is 2. The van der Waals surface area contributed by atoms with Crippen LogP contribution < -0.4 is 0 Å². The quantitative estimate of drug-likeness (QED) is 0.411. The third-order valence-corrected chi connectivity index (χ3v) is 5.86. The highest BCUT2D eigenvalue weighted by atomic mass is 127. The first-order valence-corrected chi connectivity index (χ1v) is 9.20. The molecule has 0 aliphatic heterocycles. The monoisotopic (exact) mass is 394 g/mol. The second-order valence-electron chi connectivity index (χ2n) is 6.65. The molecule has 0 aromatic rings. The second kappa shape index (κ2) is 7.43. The Morgan fingerprint density at radius 1 is 1.10 bits per heavy atom. The van der Waals surface area contributed by atoms with Crippen LogP contribution in [0.15, 0.2) is 0 Å². The van der Waals surface area contributed by atoms with Crippen LogP contribution in [0.5, 0.6) is 0 Å². The Morgan fingerprint density at radius 2 is 1.75 bits per heavy atom. The van der Waals surface area contributed by atoms with Crippen molar-refractivity contribution in [3.05, 3.63) is 0 Å². The molecule has 20 heavy (non-hydrogen) atoms. The molecule has 5 atom stereocenters. The molecular formula is C16H27IO3. The minimum Gasteiger partial charge on any atom is -0.466 e. The normalized spacial score (nSPS) is 41.6. The zero-order chi connectivity index (χ0) is 14.7. The molecule has 0 N–H and O–H groups in total.